The number of hydrogen-bond acceptors (Lipinski definition) is 6. The first-order valence-electron chi connectivity index (χ1n) is 10.3. The van der Waals surface area contributed by atoms with E-state index in [4.69, 9.17) is 27.8 Å². The average molecular weight is 472 g/mol. The number of halogens is 2. The third-order valence-electron chi connectivity index (χ3n) is 5.92. The van der Waals surface area contributed by atoms with E-state index in [2.05, 4.69) is 9.88 Å². The molecule has 1 aromatic heterocycles. The van der Waals surface area contributed by atoms with Gasteiger partial charge in [0.15, 0.2) is 0 Å². The molecular weight excluding hydrogens is 449 g/mol. The number of imidazole rings is 1. The fourth-order valence-corrected chi connectivity index (χ4v) is 5.97. The number of hydrogen-bond donors (Lipinski definition) is 2. The van der Waals surface area contributed by atoms with Gasteiger partial charge in [-0.15, -0.1) is 0 Å². The molecule has 3 atom stereocenters. The van der Waals surface area contributed by atoms with Gasteiger partial charge in [-0.3, -0.25) is 0 Å². The van der Waals surface area contributed by atoms with Crippen molar-refractivity contribution in [2.45, 2.75) is 30.3 Å². The minimum absolute atomic E-state index is 0.0337. The molecule has 2 aliphatic rings. The van der Waals surface area contributed by atoms with Crippen LogP contribution >= 0.6 is 23.4 Å². The number of anilines is 1. The highest BCUT2D eigenvalue weighted by Crippen LogP contribution is 2.51. The van der Waals surface area contributed by atoms with Crippen molar-refractivity contribution in [3.8, 4) is 11.4 Å². The molecule has 0 amide bonds. The summed E-state index contributed by atoms with van der Waals surface area (Å²) in [6.45, 7) is 0. The molecule has 3 unspecified atom stereocenters. The Labute approximate surface area is 195 Å². The lowest BCUT2D eigenvalue weighted by Crippen LogP contribution is -2.38. The van der Waals surface area contributed by atoms with Crippen molar-refractivity contribution in [3.05, 3.63) is 82.1 Å². The van der Waals surface area contributed by atoms with Crippen molar-refractivity contribution in [2.24, 2.45) is 11.5 Å². The molecule has 32 heavy (non-hydrogen) atoms. The molecule has 0 bridgehead atoms. The number of methoxy groups -OCH3 is 1. The van der Waals surface area contributed by atoms with E-state index in [0.717, 1.165) is 35.5 Å². The average Bonchev–Trinajstić information content (AvgIpc) is 3.35. The van der Waals surface area contributed by atoms with Gasteiger partial charge < -0.3 is 25.7 Å². The number of nitrogens with two attached hydrogens (primary N) is 2. The van der Waals surface area contributed by atoms with Gasteiger partial charge in [0.1, 0.15) is 28.5 Å². The predicted octanol–water partition coefficient (Wildman–Crippen LogP) is 4.59. The van der Waals surface area contributed by atoms with Crippen LogP contribution in [0.2, 0.25) is 5.15 Å². The maximum atomic E-state index is 13.6. The molecule has 0 fully saturated rings. The summed E-state index contributed by atoms with van der Waals surface area (Å²) >= 11 is 7.62. The summed E-state index contributed by atoms with van der Waals surface area (Å²) in [6, 6.07) is 12.6. The first kappa shape index (κ1) is 21.3. The Kier molecular flexibility index (Phi) is 5.63. The van der Waals surface area contributed by atoms with Crippen LogP contribution in [0.5, 0.6) is 5.75 Å². The topological polar surface area (TPSA) is 82.3 Å². The lowest BCUT2D eigenvalue weighted by molar-refractivity contribution is 0.413. The molecule has 4 N–H and O–H groups in total. The highest BCUT2D eigenvalue weighted by molar-refractivity contribution is 8.04. The molecule has 1 aliphatic heterocycles. The van der Waals surface area contributed by atoms with Crippen LogP contribution < -0.4 is 21.1 Å². The molecule has 9 heteroatoms. The summed E-state index contributed by atoms with van der Waals surface area (Å²) < 4.78 is 21.1. The highest BCUT2D eigenvalue weighted by atomic mass is 35.5. The second kappa shape index (κ2) is 8.44. The van der Waals surface area contributed by atoms with E-state index >= 15 is 0 Å². The summed E-state index contributed by atoms with van der Waals surface area (Å²) in [5.74, 6) is 0.458. The van der Waals surface area contributed by atoms with E-state index in [1.165, 1.54) is 17.0 Å². The zero-order chi connectivity index (χ0) is 22.4. The molecular formula is C23H23ClFN5OS. The summed E-state index contributed by atoms with van der Waals surface area (Å²) in [4.78, 5) is 7.42. The number of aromatic nitrogens is 2. The second-order valence-corrected chi connectivity index (χ2v) is 9.55. The summed E-state index contributed by atoms with van der Waals surface area (Å²) in [5.41, 5.74) is 16.6. The van der Waals surface area contributed by atoms with E-state index in [-0.39, 0.29) is 23.3 Å². The first-order chi connectivity index (χ1) is 15.4. The molecule has 0 saturated heterocycles. The molecule has 0 radical (unpaired) electrons. The Bertz CT molecular complexity index is 1180. The molecule has 5 rings (SSSR count). The van der Waals surface area contributed by atoms with Gasteiger partial charge >= 0.3 is 0 Å². The molecule has 1 aliphatic carbocycles. The maximum absolute atomic E-state index is 13.6. The standard InChI is InChI=1S/C23H23ClFN5OS/c1-31-19-10-16(6-7-18(19)29-11-21(24)28-12-29)30-22-17(13-2-4-14(25)5-3-13)8-15(26)9-20(22)32-23(30)27/h2-7,10-12,15,17,23H,8-9,26-27H2,1H3. The smallest absolute Gasteiger partial charge is 0.147 e. The second-order valence-electron chi connectivity index (χ2n) is 7.95. The predicted molar refractivity (Wildman–Crippen MR) is 127 cm³/mol. The lowest BCUT2D eigenvalue weighted by atomic mass is 9.83. The number of allylic oxidation sites excluding steroid dienone is 1. The monoisotopic (exact) mass is 471 g/mol. The Morgan fingerprint density at radius 3 is 2.66 bits per heavy atom. The SMILES string of the molecule is COc1cc(N2C3=C(CC(N)CC3c3ccc(F)cc3)SC2N)ccc1-n1cnc(Cl)c1. The van der Waals surface area contributed by atoms with Gasteiger partial charge in [-0.05, 0) is 42.7 Å². The van der Waals surface area contributed by atoms with Crippen molar-refractivity contribution in [3.63, 3.8) is 0 Å². The van der Waals surface area contributed by atoms with Gasteiger partial charge in [0, 0.05) is 40.5 Å². The Hall–Kier alpha value is -2.52. The summed E-state index contributed by atoms with van der Waals surface area (Å²) in [5, 5.41) is 0.407. The van der Waals surface area contributed by atoms with E-state index in [9.17, 15) is 4.39 Å². The van der Waals surface area contributed by atoms with Crippen molar-refractivity contribution >= 4 is 29.1 Å². The summed E-state index contributed by atoms with van der Waals surface area (Å²) in [7, 11) is 1.63. The molecule has 6 nitrogen and oxygen atoms in total. The van der Waals surface area contributed by atoms with Crippen LogP contribution in [0.25, 0.3) is 5.69 Å². The van der Waals surface area contributed by atoms with Gasteiger partial charge in [-0.25, -0.2) is 9.37 Å². The van der Waals surface area contributed by atoms with Gasteiger partial charge in [-0.1, -0.05) is 35.5 Å². The van der Waals surface area contributed by atoms with Crippen LogP contribution in [-0.4, -0.2) is 28.2 Å². The van der Waals surface area contributed by atoms with E-state index in [0.29, 0.717) is 10.9 Å². The zero-order valence-electron chi connectivity index (χ0n) is 17.4. The van der Waals surface area contributed by atoms with Crippen LogP contribution in [0.15, 0.2) is 65.6 Å². The summed E-state index contributed by atoms with van der Waals surface area (Å²) in [6.07, 6.45) is 4.93. The fourth-order valence-electron chi connectivity index (χ4n) is 4.52. The minimum Gasteiger partial charge on any atom is -0.494 e. The molecule has 2 heterocycles. The number of nitrogens with zero attached hydrogens (tertiary/aromatic N) is 3. The Morgan fingerprint density at radius 2 is 1.97 bits per heavy atom. The third-order valence-corrected chi connectivity index (χ3v) is 7.23. The van der Waals surface area contributed by atoms with E-state index in [1.807, 2.05) is 34.9 Å². The largest absolute Gasteiger partial charge is 0.494 e. The lowest BCUT2D eigenvalue weighted by Gasteiger charge is -2.35. The van der Waals surface area contributed by atoms with Crippen LogP contribution in [0.3, 0.4) is 0 Å². The zero-order valence-corrected chi connectivity index (χ0v) is 19.0. The van der Waals surface area contributed by atoms with Gasteiger partial charge in [0.25, 0.3) is 0 Å². The van der Waals surface area contributed by atoms with Crippen molar-refractivity contribution in [1.82, 2.24) is 9.55 Å². The van der Waals surface area contributed by atoms with Gasteiger partial charge in [-0.2, -0.15) is 0 Å². The number of benzene rings is 2. The van der Waals surface area contributed by atoms with Crippen molar-refractivity contribution in [1.29, 1.82) is 0 Å². The van der Waals surface area contributed by atoms with E-state index in [1.54, 1.807) is 31.4 Å². The van der Waals surface area contributed by atoms with Crippen molar-refractivity contribution in [2.75, 3.05) is 12.0 Å². The number of thioether (sulfide) groups is 1. The Balaban J connectivity index is 1.57. The molecule has 166 valence electrons. The maximum Gasteiger partial charge on any atom is 0.147 e. The first-order valence-corrected chi connectivity index (χ1v) is 11.5. The van der Waals surface area contributed by atoms with E-state index < -0.39 is 0 Å². The molecule has 0 spiro atoms. The van der Waals surface area contributed by atoms with Crippen molar-refractivity contribution < 1.29 is 9.13 Å². The van der Waals surface area contributed by atoms with Crippen LogP contribution in [0.1, 0.15) is 24.3 Å². The van der Waals surface area contributed by atoms with Crippen LogP contribution in [0, 0.1) is 5.82 Å². The third kappa shape index (κ3) is 3.77. The number of rotatable bonds is 4. The molecule has 0 saturated carbocycles. The van der Waals surface area contributed by atoms with Gasteiger partial charge in [0.2, 0.25) is 0 Å². The Morgan fingerprint density at radius 1 is 1.19 bits per heavy atom. The molecule has 2 aromatic carbocycles. The van der Waals surface area contributed by atoms with Gasteiger partial charge in [0.05, 0.1) is 12.8 Å². The normalized spacial score (nSPS) is 22.9. The number of ether oxygens (including phenoxy) is 1. The quantitative estimate of drug-likeness (QED) is 0.579. The molecule has 3 aromatic rings. The van der Waals surface area contributed by atoms with Crippen LogP contribution in [-0.2, 0) is 0 Å². The minimum atomic E-state index is -0.286. The highest BCUT2D eigenvalue weighted by Gasteiger charge is 2.40. The fraction of sp³-hybridized carbons (Fsp3) is 0.261. The van der Waals surface area contributed by atoms with Crippen LogP contribution in [0.4, 0.5) is 10.1 Å².